The number of amides is 1. The minimum atomic E-state index is -0.858. The number of carbonyl (C=O) groups is 1. The van der Waals surface area contributed by atoms with E-state index in [0.717, 1.165) is 17.9 Å². The van der Waals surface area contributed by atoms with E-state index < -0.39 is 6.09 Å². The second-order valence-electron chi connectivity index (χ2n) is 5.78. The average molecular weight is 280 g/mol. The van der Waals surface area contributed by atoms with Crippen LogP contribution < -0.4 is 0 Å². The highest BCUT2D eigenvalue weighted by molar-refractivity contribution is 7.99. The molecule has 1 aliphatic heterocycles. The van der Waals surface area contributed by atoms with Crippen LogP contribution in [0.3, 0.4) is 0 Å². The molecule has 1 N–H and O–H groups in total. The third-order valence-corrected chi connectivity index (χ3v) is 4.45. The van der Waals surface area contributed by atoms with E-state index in [1.165, 1.54) is 9.80 Å². The van der Waals surface area contributed by atoms with Crippen molar-refractivity contribution in [3.63, 3.8) is 0 Å². The molecule has 0 saturated carbocycles. The van der Waals surface area contributed by atoms with Crippen LogP contribution in [0, 0.1) is 0 Å². The van der Waals surface area contributed by atoms with E-state index in [4.69, 9.17) is 0 Å². The van der Waals surface area contributed by atoms with Gasteiger partial charge in [0.05, 0.1) is 5.69 Å². The minimum Gasteiger partial charge on any atom is -0.465 e. The molecule has 2 rings (SSSR count). The molecule has 1 atom stereocenters. The van der Waals surface area contributed by atoms with Gasteiger partial charge in [0.1, 0.15) is 0 Å². The van der Waals surface area contributed by atoms with Crippen LogP contribution in [0.15, 0.2) is 23.2 Å². The molecule has 0 aromatic carbocycles. The van der Waals surface area contributed by atoms with Crippen molar-refractivity contribution in [1.29, 1.82) is 0 Å². The Balaban J connectivity index is 2.22. The molecule has 4 nitrogen and oxygen atoms in total. The Bertz CT molecular complexity index is 471. The Labute approximate surface area is 118 Å². The van der Waals surface area contributed by atoms with Crippen molar-refractivity contribution in [3.05, 3.63) is 24.0 Å². The zero-order valence-electron chi connectivity index (χ0n) is 11.6. The van der Waals surface area contributed by atoms with Crippen LogP contribution in [0.1, 0.15) is 38.8 Å². The number of thioether (sulfide) groups is 1. The molecule has 5 heteroatoms. The van der Waals surface area contributed by atoms with Crippen LogP contribution in [0.2, 0.25) is 0 Å². The molecule has 1 unspecified atom stereocenters. The lowest BCUT2D eigenvalue weighted by Gasteiger charge is -2.37. The first-order valence-electron chi connectivity index (χ1n) is 6.48. The zero-order valence-corrected chi connectivity index (χ0v) is 12.4. The molecule has 0 fully saturated rings. The number of aromatic nitrogens is 1. The number of fused-ring (bicyclic) bond motifs is 1. The van der Waals surface area contributed by atoms with Gasteiger partial charge in [-0.2, -0.15) is 0 Å². The number of hydrogen-bond donors (Lipinski definition) is 1. The summed E-state index contributed by atoms with van der Waals surface area (Å²) in [5, 5.41) is 9.39. The predicted octanol–water partition coefficient (Wildman–Crippen LogP) is 3.44. The van der Waals surface area contributed by atoms with Crippen LogP contribution in [0.4, 0.5) is 4.79 Å². The summed E-state index contributed by atoms with van der Waals surface area (Å²) >= 11 is 1.81. The van der Waals surface area contributed by atoms with Gasteiger partial charge in [-0.1, -0.05) is 0 Å². The molecule has 19 heavy (non-hydrogen) atoms. The van der Waals surface area contributed by atoms with E-state index in [1.807, 2.05) is 26.8 Å². The molecule has 1 aromatic rings. The summed E-state index contributed by atoms with van der Waals surface area (Å²) in [6, 6.07) is 4.01. The lowest BCUT2D eigenvalue weighted by Crippen LogP contribution is -2.47. The monoisotopic (exact) mass is 280 g/mol. The highest BCUT2D eigenvalue weighted by atomic mass is 32.2. The first kappa shape index (κ1) is 14.2. The van der Waals surface area contributed by atoms with Crippen molar-refractivity contribution in [2.24, 2.45) is 0 Å². The van der Waals surface area contributed by atoms with E-state index in [0.29, 0.717) is 6.54 Å². The molecule has 1 aliphatic rings. The highest BCUT2D eigenvalue weighted by Gasteiger charge is 2.31. The van der Waals surface area contributed by atoms with Gasteiger partial charge in [-0.25, -0.2) is 4.79 Å². The Morgan fingerprint density at radius 1 is 1.58 bits per heavy atom. The second kappa shape index (κ2) is 5.41. The van der Waals surface area contributed by atoms with E-state index in [-0.39, 0.29) is 11.5 Å². The van der Waals surface area contributed by atoms with E-state index in [1.54, 1.807) is 18.0 Å². The Kier molecular flexibility index (Phi) is 4.04. The SMILES string of the molecule is CC(C)(C)N(CC1CCSc2cccnc21)C(=O)O. The zero-order chi connectivity index (χ0) is 14.0. The fourth-order valence-corrected chi connectivity index (χ4v) is 3.48. The molecule has 1 aromatic heterocycles. The summed E-state index contributed by atoms with van der Waals surface area (Å²) in [4.78, 5) is 18.6. The third-order valence-electron chi connectivity index (χ3n) is 3.35. The predicted molar refractivity (Wildman–Crippen MR) is 76.8 cm³/mol. The van der Waals surface area contributed by atoms with Gasteiger partial charge < -0.3 is 10.0 Å². The van der Waals surface area contributed by atoms with Gasteiger partial charge in [-0.15, -0.1) is 11.8 Å². The average Bonchev–Trinajstić information content (AvgIpc) is 2.34. The van der Waals surface area contributed by atoms with Crippen molar-refractivity contribution < 1.29 is 9.90 Å². The summed E-state index contributed by atoms with van der Waals surface area (Å²) < 4.78 is 0. The molecule has 0 radical (unpaired) electrons. The van der Waals surface area contributed by atoms with Gasteiger partial charge in [0, 0.05) is 29.1 Å². The van der Waals surface area contributed by atoms with E-state index >= 15 is 0 Å². The quantitative estimate of drug-likeness (QED) is 0.901. The second-order valence-corrected chi connectivity index (χ2v) is 6.92. The Morgan fingerprint density at radius 2 is 2.32 bits per heavy atom. The largest absolute Gasteiger partial charge is 0.465 e. The summed E-state index contributed by atoms with van der Waals surface area (Å²) in [5.74, 6) is 1.23. The normalized spacial score (nSPS) is 18.8. The first-order chi connectivity index (χ1) is 8.89. The summed E-state index contributed by atoms with van der Waals surface area (Å²) in [7, 11) is 0. The van der Waals surface area contributed by atoms with Crippen molar-refractivity contribution in [2.45, 2.75) is 43.5 Å². The van der Waals surface area contributed by atoms with Gasteiger partial charge in [0.25, 0.3) is 0 Å². The number of pyridine rings is 1. The van der Waals surface area contributed by atoms with Gasteiger partial charge >= 0.3 is 6.09 Å². The van der Waals surface area contributed by atoms with Crippen LogP contribution in [-0.4, -0.2) is 38.9 Å². The third kappa shape index (κ3) is 3.21. The van der Waals surface area contributed by atoms with Crippen molar-refractivity contribution >= 4 is 17.9 Å². The molecular formula is C14H20N2O2S. The van der Waals surface area contributed by atoms with Crippen molar-refractivity contribution in [1.82, 2.24) is 9.88 Å². The van der Waals surface area contributed by atoms with E-state index in [9.17, 15) is 9.90 Å². The van der Waals surface area contributed by atoms with Crippen LogP contribution in [0.5, 0.6) is 0 Å². The first-order valence-corrected chi connectivity index (χ1v) is 7.46. The van der Waals surface area contributed by atoms with Crippen molar-refractivity contribution in [3.8, 4) is 0 Å². The fourth-order valence-electron chi connectivity index (χ4n) is 2.32. The molecule has 0 bridgehead atoms. The lowest BCUT2D eigenvalue weighted by atomic mass is 9.97. The smallest absolute Gasteiger partial charge is 0.407 e. The standard InChI is InChI=1S/C14H20N2O2S/c1-14(2,3)16(13(17)18)9-10-6-8-19-11-5-4-7-15-12(10)11/h4-5,7,10H,6,8-9H2,1-3H3,(H,17,18). The minimum absolute atomic E-state index is 0.202. The maximum Gasteiger partial charge on any atom is 0.407 e. The van der Waals surface area contributed by atoms with Crippen molar-refractivity contribution in [2.75, 3.05) is 12.3 Å². The van der Waals surface area contributed by atoms with Gasteiger partial charge in [0.2, 0.25) is 0 Å². The summed E-state index contributed by atoms with van der Waals surface area (Å²) in [6.45, 7) is 6.30. The lowest BCUT2D eigenvalue weighted by molar-refractivity contribution is 0.0948. The topological polar surface area (TPSA) is 53.4 Å². The van der Waals surface area contributed by atoms with Crippen LogP contribution in [-0.2, 0) is 0 Å². The van der Waals surface area contributed by atoms with Gasteiger partial charge in [-0.3, -0.25) is 4.98 Å². The molecule has 0 spiro atoms. The number of carboxylic acid groups (broad SMARTS) is 1. The Morgan fingerprint density at radius 3 is 2.95 bits per heavy atom. The van der Waals surface area contributed by atoms with Gasteiger partial charge in [0.15, 0.2) is 0 Å². The maximum atomic E-state index is 11.4. The maximum absolute atomic E-state index is 11.4. The van der Waals surface area contributed by atoms with E-state index in [2.05, 4.69) is 11.1 Å². The van der Waals surface area contributed by atoms with Gasteiger partial charge in [-0.05, 0) is 45.1 Å². The number of nitrogens with zero attached hydrogens (tertiary/aromatic N) is 2. The molecular weight excluding hydrogens is 260 g/mol. The highest BCUT2D eigenvalue weighted by Crippen LogP contribution is 2.37. The van der Waals surface area contributed by atoms with Crippen LogP contribution in [0.25, 0.3) is 0 Å². The molecule has 0 aliphatic carbocycles. The number of rotatable bonds is 2. The molecule has 1 amide bonds. The summed E-state index contributed by atoms with van der Waals surface area (Å²) in [5.41, 5.74) is 0.667. The Hall–Kier alpha value is -1.23. The molecule has 104 valence electrons. The van der Waals surface area contributed by atoms with Crippen LogP contribution >= 0.6 is 11.8 Å². The molecule has 0 saturated heterocycles. The number of hydrogen-bond acceptors (Lipinski definition) is 3. The molecule has 2 heterocycles. The fraction of sp³-hybridized carbons (Fsp3) is 0.571. The summed E-state index contributed by atoms with van der Waals surface area (Å²) in [6.07, 6.45) is 1.91.